The molecule has 0 saturated carbocycles. The fraction of sp³-hybridized carbons (Fsp3) is 0.417. The van der Waals surface area contributed by atoms with Gasteiger partial charge in [0.25, 0.3) is 7.82 Å². The number of aliphatic hydroxyl groups excluding tert-OH is 1. The molecule has 2 aliphatic rings. The zero-order valence-electron chi connectivity index (χ0n) is 12.3. The fourth-order valence-corrected chi connectivity index (χ4v) is 4.05. The Labute approximate surface area is 168 Å². The number of aliphatic hydroxyl groups is 1. The molecule has 1 aromatic heterocycles. The van der Waals surface area contributed by atoms with E-state index in [2.05, 4.69) is 9.51 Å². The second-order valence-corrected chi connectivity index (χ2v) is 7.45. The van der Waals surface area contributed by atoms with Gasteiger partial charge >= 0.3 is 29.6 Å². The Hall–Kier alpha value is 0.300. The number of fused-ring (bicyclic) bond motifs is 2. The third-order valence-corrected chi connectivity index (χ3v) is 5.54. The number of hydrogen-bond donors (Lipinski definition) is 1. The summed E-state index contributed by atoms with van der Waals surface area (Å²) in [4.78, 5) is 15.6. The smallest absolute Gasteiger partial charge is 0.756 e. The van der Waals surface area contributed by atoms with Crippen molar-refractivity contribution >= 4 is 42.1 Å². The Morgan fingerprint density at radius 2 is 2.08 bits per heavy atom. The van der Waals surface area contributed by atoms with Gasteiger partial charge in [0.05, 0.1) is 34.0 Å². The van der Waals surface area contributed by atoms with E-state index in [1.54, 1.807) is 16.7 Å². The molecule has 0 radical (unpaired) electrons. The van der Waals surface area contributed by atoms with Gasteiger partial charge in [-0.3, -0.25) is 4.57 Å². The third kappa shape index (κ3) is 3.19. The standard InChI is InChI=1S/C12H11Cl2N2O6P.Na/c13-5-1-7-8(2-6(5)14)16(4-15-7)12-10(17)11-9(21-12)3-20-23(18,19)22-11;/h1-2,4,9-12,17H,3H2,(H,18,19);/q;+1/p-1/t9-,10-,11-,12-;/m1./s1. The molecule has 4 rings (SSSR count). The molecule has 1 aromatic carbocycles. The predicted molar refractivity (Wildman–Crippen MR) is 78.1 cm³/mol. The molecule has 12 heteroatoms. The number of hydrogen-bond acceptors (Lipinski definition) is 7. The Kier molecular flexibility index (Phi) is 5.40. The Balaban J connectivity index is 0.00000169. The molecule has 2 aliphatic heterocycles. The van der Waals surface area contributed by atoms with Gasteiger partial charge in [-0.05, 0) is 12.1 Å². The van der Waals surface area contributed by atoms with Crippen LogP contribution in [0.25, 0.3) is 11.0 Å². The summed E-state index contributed by atoms with van der Waals surface area (Å²) in [6.45, 7) is -0.210. The maximum Gasteiger partial charge on any atom is 1.00 e. The van der Waals surface area contributed by atoms with Gasteiger partial charge in [-0.15, -0.1) is 0 Å². The zero-order chi connectivity index (χ0) is 16.4. The minimum Gasteiger partial charge on any atom is -0.756 e. The SMILES string of the molecule is O=P1([O-])OC[C@H]2O[C@@H](n3cnc4cc(Cl)c(Cl)cc43)[C@H](O)[C@@H]2O1.[Na+]. The first kappa shape index (κ1) is 19.1. The average molecular weight is 403 g/mol. The first-order valence-electron chi connectivity index (χ1n) is 6.65. The van der Waals surface area contributed by atoms with Crippen molar-refractivity contribution in [3.05, 3.63) is 28.5 Å². The number of halogens is 2. The van der Waals surface area contributed by atoms with Crippen LogP contribution in [-0.2, 0) is 18.3 Å². The molecule has 24 heavy (non-hydrogen) atoms. The van der Waals surface area contributed by atoms with Crippen LogP contribution in [0.4, 0.5) is 0 Å². The maximum absolute atomic E-state index is 11.4. The van der Waals surface area contributed by atoms with Crippen molar-refractivity contribution in [3.63, 3.8) is 0 Å². The van der Waals surface area contributed by atoms with E-state index in [-0.39, 0.29) is 36.2 Å². The van der Waals surface area contributed by atoms with E-state index in [1.165, 1.54) is 6.33 Å². The van der Waals surface area contributed by atoms with E-state index < -0.39 is 32.4 Å². The molecule has 1 N–H and O–H groups in total. The van der Waals surface area contributed by atoms with E-state index in [4.69, 9.17) is 32.5 Å². The van der Waals surface area contributed by atoms with Gasteiger partial charge in [0.15, 0.2) is 6.23 Å². The minimum absolute atomic E-state index is 0. The van der Waals surface area contributed by atoms with Crippen LogP contribution < -0.4 is 34.5 Å². The van der Waals surface area contributed by atoms with E-state index in [9.17, 15) is 14.6 Å². The first-order valence-corrected chi connectivity index (χ1v) is 8.86. The summed E-state index contributed by atoms with van der Waals surface area (Å²) in [5.41, 5.74) is 1.16. The molecule has 0 amide bonds. The van der Waals surface area contributed by atoms with Crippen molar-refractivity contribution in [1.82, 2.24) is 9.55 Å². The van der Waals surface area contributed by atoms with Gasteiger partial charge in [0, 0.05) is 0 Å². The largest absolute Gasteiger partial charge is 1.00 e. The van der Waals surface area contributed by atoms with E-state index in [1.807, 2.05) is 0 Å². The molecule has 3 heterocycles. The molecule has 1 unspecified atom stereocenters. The van der Waals surface area contributed by atoms with Crippen LogP contribution in [0.5, 0.6) is 0 Å². The second-order valence-electron chi connectivity index (χ2n) is 5.28. The summed E-state index contributed by atoms with van der Waals surface area (Å²) in [7, 11) is -4.41. The van der Waals surface area contributed by atoms with Crippen molar-refractivity contribution in [2.45, 2.75) is 24.5 Å². The summed E-state index contributed by atoms with van der Waals surface area (Å²) < 4.78 is 28.0. The van der Waals surface area contributed by atoms with Gasteiger partial charge in [0.2, 0.25) is 0 Å². The van der Waals surface area contributed by atoms with Gasteiger partial charge < -0.3 is 28.4 Å². The molecular weight excluding hydrogens is 393 g/mol. The number of phosphoric acid groups is 1. The molecule has 8 nitrogen and oxygen atoms in total. The molecule has 124 valence electrons. The minimum atomic E-state index is -4.41. The average Bonchev–Trinajstić information content (AvgIpc) is 3.01. The predicted octanol–water partition coefficient (Wildman–Crippen LogP) is -1.51. The molecular formula is C12H10Cl2N2NaO6P. The molecule has 0 aliphatic carbocycles. The Bertz CT molecular complexity index is 835. The maximum atomic E-state index is 11.4. The van der Waals surface area contributed by atoms with Gasteiger partial charge in [-0.2, -0.15) is 0 Å². The summed E-state index contributed by atoms with van der Waals surface area (Å²) in [5.74, 6) is 0. The summed E-state index contributed by atoms with van der Waals surface area (Å²) in [5, 5.41) is 11.1. The molecule has 0 spiro atoms. The fourth-order valence-electron chi connectivity index (χ4n) is 2.78. The van der Waals surface area contributed by atoms with Gasteiger partial charge in [-0.1, -0.05) is 23.2 Å². The quantitative estimate of drug-likeness (QED) is 0.456. The van der Waals surface area contributed by atoms with Crippen LogP contribution in [0.1, 0.15) is 6.23 Å². The topological polar surface area (TPSA) is 106 Å². The van der Waals surface area contributed by atoms with Crippen LogP contribution in [0.2, 0.25) is 10.0 Å². The Morgan fingerprint density at radius 3 is 2.83 bits per heavy atom. The molecule has 2 saturated heterocycles. The second kappa shape index (κ2) is 6.79. The number of rotatable bonds is 1. The third-order valence-electron chi connectivity index (χ3n) is 3.85. The van der Waals surface area contributed by atoms with Crippen LogP contribution in [0.15, 0.2) is 18.5 Å². The van der Waals surface area contributed by atoms with Crippen molar-refractivity contribution in [2.24, 2.45) is 0 Å². The van der Waals surface area contributed by atoms with Crippen LogP contribution in [-0.4, -0.2) is 39.6 Å². The Morgan fingerprint density at radius 1 is 1.38 bits per heavy atom. The number of phosphoric ester groups is 1. The molecule has 2 fully saturated rings. The zero-order valence-corrected chi connectivity index (χ0v) is 16.7. The van der Waals surface area contributed by atoms with Crippen molar-refractivity contribution in [2.75, 3.05) is 6.61 Å². The van der Waals surface area contributed by atoms with E-state index >= 15 is 0 Å². The summed E-state index contributed by atoms with van der Waals surface area (Å²) in [6.07, 6.45) is -2.37. The van der Waals surface area contributed by atoms with Crippen molar-refractivity contribution in [3.8, 4) is 0 Å². The number of ether oxygens (including phenoxy) is 1. The number of benzene rings is 1. The number of nitrogens with zero attached hydrogens (tertiary/aromatic N) is 2. The first-order chi connectivity index (χ1) is 10.9. The summed E-state index contributed by atoms with van der Waals surface area (Å²) in [6, 6.07) is 3.19. The van der Waals surface area contributed by atoms with Crippen LogP contribution in [0.3, 0.4) is 0 Å². The van der Waals surface area contributed by atoms with E-state index in [0.717, 1.165) is 0 Å². The number of imidazole rings is 1. The van der Waals surface area contributed by atoms with Crippen molar-refractivity contribution < 1.29 is 57.9 Å². The van der Waals surface area contributed by atoms with Gasteiger partial charge in [0.1, 0.15) is 18.3 Å². The normalized spacial score (nSPS) is 35.7. The molecule has 2 aromatic rings. The molecule has 5 atom stereocenters. The molecule has 0 bridgehead atoms. The van der Waals surface area contributed by atoms with Crippen LogP contribution in [0, 0.1) is 0 Å². The van der Waals surface area contributed by atoms with E-state index in [0.29, 0.717) is 21.1 Å². The van der Waals surface area contributed by atoms with Crippen LogP contribution >= 0.6 is 31.0 Å². The van der Waals surface area contributed by atoms with Gasteiger partial charge in [-0.25, -0.2) is 4.98 Å². The monoisotopic (exact) mass is 402 g/mol. The van der Waals surface area contributed by atoms with Crippen molar-refractivity contribution in [1.29, 1.82) is 0 Å². The number of aromatic nitrogens is 2. The summed E-state index contributed by atoms with van der Waals surface area (Å²) >= 11 is 12.0.